The Bertz CT molecular complexity index is 866. The highest BCUT2D eigenvalue weighted by Gasteiger charge is 2.20. The van der Waals surface area contributed by atoms with Gasteiger partial charge in [0.15, 0.2) is 0 Å². The summed E-state index contributed by atoms with van der Waals surface area (Å²) >= 11 is 0. The summed E-state index contributed by atoms with van der Waals surface area (Å²) in [6, 6.07) is 14.9. The van der Waals surface area contributed by atoms with Crippen molar-refractivity contribution in [3.05, 3.63) is 65.2 Å². The molecule has 0 aromatic heterocycles. The van der Waals surface area contributed by atoms with E-state index in [9.17, 15) is 9.59 Å². The van der Waals surface area contributed by atoms with E-state index in [1.54, 1.807) is 6.07 Å². The van der Waals surface area contributed by atoms with Crippen molar-refractivity contribution in [1.29, 1.82) is 0 Å². The molecule has 0 aliphatic heterocycles. The predicted octanol–water partition coefficient (Wildman–Crippen LogP) is 4.67. The number of anilines is 1. The van der Waals surface area contributed by atoms with Gasteiger partial charge in [-0.05, 0) is 56.0 Å². The molecule has 3 rings (SSSR count). The molecule has 0 bridgehead atoms. The lowest BCUT2D eigenvalue weighted by Crippen LogP contribution is -2.24. The molecule has 1 saturated carbocycles. The first-order valence-corrected chi connectivity index (χ1v) is 9.86. The monoisotopic (exact) mass is 377 g/mol. The molecule has 0 radical (unpaired) electrons. The molecule has 1 aliphatic carbocycles. The summed E-state index contributed by atoms with van der Waals surface area (Å²) in [5, 5.41) is 7.21. The van der Waals surface area contributed by atoms with Gasteiger partial charge >= 0.3 is 0 Å². The van der Waals surface area contributed by atoms with Crippen molar-refractivity contribution in [2.24, 2.45) is 11.0 Å². The summed E-state index contributed by atoms with van der Waals surface area (Å²) in [4.78, 5) is 24.6. The molecule has 2 aromatic rings. The van der Waals surface area contributed by atoms with Crippen LogP contribution >= 0.6 is 0 Å². The second kappa shape index (κ2) is 9.31. The van der Waals surface area contributed by atoms with Crippen molar-refractivity contribution in [1.82, 2.24) is 5.43 Å². The third kappa shape index (κ3) is 5.06. The number of aryl methyl sites for hydroxylation is 1. The molecule has 5 heteroatoms. The Morgan fingerprint density at radius 1 is 0.964 bits per heavy atom. The van der Waals surface area contributed by atoms with Crippen molar-refractivity contribution < 1.29 is 9.59 Å². The number of benzene rings is 2. The molecular formula is C23H27N3O2. The zero-order valence-electron chi connectivity index (χ0n) is 16.5. The van der Waals surface area contributed by atoms with Crippen LogP contribution in [0.5, 0.6) is 0 Å². The Labute approximate surface area is 166 Å². The summed E-state index contributed by atoms with van der Waals surface area (Å²) in [6.45, 7) is 3.74. The highest BCUT2D eigenvalue weighted by Crippen LogP contribution is 2.25. The number of hydrogen-bond donors (Lipinski definition) is 2. The van der Waals surface area contributed by atoms with Crippen LogP contribution in [0.2, 0.25) is 0 Å². The summed E-state index contributed by atoms with van der Waals surface area (Å²) in [5.74, 6) is 0.0190. The van der Waals surface area contributed by atoms with Gasteiger partial charge in [-0.1, -0.05) is 49.6 Å². The first-order chi connectivity index (χ1) is 13.5. The third-order valence-electron chi connectivity index (χ3n) is 5.26. The molecule has 0 saturated heterocycles. The van der Waals surface area contributed by atoms with E-state index < -0.39 is 0 Å². The van der Waals surface area contributed by atoms with E-state index in [0.717, 1.165) is 42.5 Å². The first kappa shape index (κ1) is 19.8. The standard InChI is InChI=1S/C23H27N3O2/c1-16-8-6-7-11-21(16)23(28)26-25-17(2)18-12-14-20(15-13-18)24-22(27)19-9-4-3-5-10-19/h6-8,11-15,19H,3-5,9-10H2,1-2H3,(H,24,27)(H,26,28). The molecule has 146 valence electrons. The van der Waals surface area contributed by atoms with Crippen LogP contribution in [-0.4, -0.2) is 17.5 Å². The quantitative estimate of drug-likeness (QED) is 0.587. The SMILES string of the molecule is CC(=NNC(=O)c1ccccc1C)c1ccc(NC(=O)C2CCCCC2)cc1. The largest absolute Gasteiger partial charge is 0.326 e. The van der Waals surface area contributed by atoms with Crippen molar-refractivity contribution in [3.8, 4) is 0 Å². The summed E-state index contributed by atoms with van der Waals surface area (Å²) in [5.41, 5.74) is 6.50. The van der Waals surface area contributed by atoms with Crippen LogP contribution in [0.4, 0.5) is 5.69 Å². The minimum absolute atomic E-state index is 0.114. The number of hydrogen-bond acceptors (Lipinski definition) is 3. The minimum Gasteiger partial charge on any atom is -0.326 e. The van der Waals surface area contributed by atoms with Crippen molar-refractivity contribution in [2.45, 2.75) is 46.0 Å². The van der Waals surface area contributed by atoms with Crippen LogP contribution in [0.25, 0.3) is 0 Å². The Morgan fingerprint density at radius 2 is 1.64 bits per heavy atom. The van der Waals surface area contributed by atoms with E-state index in [0.29, 0.717) is 11.3 Å². The fourth-order valence-corrected chi connectivity index (χ4v) is 3.49. The minimum atomic E-state index is -0.228. The third-order valence-corrected chi connectivity index (χ3v) is 5.26. The van der Waals surface area contributed by atoms with E-state index in [-0.39, 0.29) is 17.7 Å². The van der Waals surface area contributed by atoms with E-state index in [1.807, 2.05) is 56.3 Å². The maximum absolute atomic E-state index is 12.3. The first-order valence-electron chi connectivity index (χ1n) is 9.86. The van der Waals surface area contributed by atoms with Crippen LogP contribution in [-0.2, 0) is 4.79 Å². The predicted molar refractivity (Wildman–Crippen MR) is 113 cm³/mol. The zero-order valence-corrected chi connectivity index (χ0v) is 16.5. The number of nitrogens with zero attached hydrogens (tertiary/aromatic N) is 1. The summed E-state index contributed by atoms with van der Waals surface area (Å²) in [6.07, 6.45) is 5.48. The van der Waals surface area contributed by atoms with E-state index in [1.165, 1.54) is 6.42 Å². The topological polar surface area (TPSA) is 70.6 Å². The van der Waals surface area contributed by atoms with Crippen LogP contribution in [0.3, 0.4) is 0 Å². The smallest absolute Gasteiger partial charge is 0.271 e. The Morgan fingerprint density at radius 3 is 2.32 bits per heavy atom. The van der Waals surface area contributed by atoms with Gasteiger partial charge in [0.25, 0.3) is 5.91 Å². The van der Waals surface area contributed by atoms with Crippen LogP contribution in [0, 0.1) is 12.8 Å². The lowest BCUT2D eigenvalue weighted by Gasteiger charge is -2.20. The second-order valence-electron chi connectivity index (χ2n) is 7.35. The van der Waals surface area contributed by atoms with Gasteiger partial charge in [0, 0.05) is 17.2 Å². The number of nitrogens with one attached hydrogen (secondary N) is 2. The highest BCUT2D eigenvalue weighted by molar-refractivity contribution is 6.01. The van der Waals surface area contributed by atoms with Crippen molar-refractivity contribution in [3.63, 3.8) is 0 Å². The fourth-order valence-electron chi connectivity index (χ4n) is 3.49. The van der Waals surface area contributed by atoms with Gasteiger partial charge in [0.05, 0.1) is 5.71 Å². The lowest BCUT2D eigenvalue weighted by atomic mass is 9.88. The average Bonchev–Trinajstić information content (AvgIpc) is 2.73. The van der Waals surface area contributed by atoms with E-state index in [2.05, 4.69) is 15.8 Å². The maximum Gasteiger partial charge on any atom is 0.271 e. The lowest BCUT2D eigenvalue weighted by molar-refractivity contribution is -0.120. The molecule has 0 atom stereocenters. The average molecular weight is 377 g/mol. The number of rotatable bonds is 5. The van der Waals surface area contributed by atoms with Gasteiger partial charge in [-0.3, -0.25) is 9.59 Å². The molecule has 0 unspecified atom stereocenters. The van der Waals surface area contributed by atoms with Gasteiger partial charge in [-0.2, -0.15) is 5.10 Å². The van der Waals surface area contributed by atoms with Crippen LogP contribution < -0.4 is 10.7 Å². The molecule has 1 aliphatic rings. The fraction of sp³-hybridized carbons (Fsp3) is 0.348. The van der Waals surface area contributed by atoms with E-state index >= 15 is 0 Å². The highest BCUT2D eigenvalue weighted by atomic mass is 16.2. The normalized spacial score (nSPS) is 15.1. The summed E-state index contributed by atoms with van der Waals surface area (Å²) in [7, 11) is 0. The molecule has 0 heterocycles. The number of amides is 2. The van der Waals surface area contributed by atoms with Gasteiger partial charge in [0.2, 0.25) is 5.91 Å². The molecule has 2 aromatic carbocycles. The number of hydrazone groups is 1. The van der Waals surface area contributed by atoms with Gasteiger partial charge in [0.1, 0.15) is 0 Å². The second-order valence-corrected chi connectivity index (χ2v) is 7.35. The van der Waals surface area contributed by atoms with Crippen LogP contribution in [0.1, 0.15) is 60.5 Å². The Kier molecular flexibility index (Phi) is 6.58. The number of carbonyl (C=O) groups excluding carboxylic acids is 2. The molecule has 0 spiro atoms. The molecule has 5 nitrogen and oxygen atoms in total. The molecule has 2 N–H and O–H groups in total. The zero-order chi connectivity index (χ0) is 19.9. The van der Waals surface area contributed by atoms with Gasteiger partial charge in [-0.15, -0.1) is 0 Å². The van der Waals surface area contributed by atoms with Gasteiger partial charge < -0.3 is 5.32 Å². The molecule has 28 heavy (non-hydrogen) atoms. The maximum atomic E-state index is 12.3. The summed E-state index contributed by atoms with van der Waals surface area (Å²) < 4.78 is 0. The molecule has 1 fully saturated rings. The number of carbonyl (C=O) groups is 2. The Balaban J connectivity index is 1.59. The molecule has 2 amide bonds. The van der Waals surface area contributed by atoms with Crippen LogP contribution in [0.15, 0.2) is 53.6 Å². The van der Waals surface area contributed by atoms with E-state index in [4.69, 9.17) is 0 Å². The van der Waals surface area contributed by atoms with Gasteiger partial charge in [-0.25, -0.2) is 5.43 Å². The Hall–Kier alpha value is -2.95. The van der Waals surface area contributed by atoms with Crippen molar-refractivity contribution in [2.75, 3.05) is 5.32 Å². The van der Waals surface area contributed by atoms with Crippen molar-refractivity contribution >= 4 is 23.2 Å². The molecular weight excluding hydrogens is 350 g/mol.